The van der Waals surface area contributed by atoms with E-state index in [-0.39, 0.29) is 41.9 Å². The van der Waals surface area contributed by atoms with Crippen molar-refractivity contribution in [1.29, 1.82) is 0 Å². The number of halogens is 3. The van der Waals surface area contributed by atoms with E-state index in [1.165, 1.54) is 37.4 Å². The van der Waals surface area contributed by atoms with Crippen molar-refractivity contribution in [2.75, 3.05) is 16.5 Å². The van der Waals surface area contributed by atoms with Crippen molar-refractivity contribution in [2.45, 2.75) is 45.4 Å². The molecule has 5 heteroatoms. The van der Waals surface area contributed by atoms with Crippen LogP contribution in [0.25, 0.3) is 0 Å². The summed E-state index contributed by atoms with van der Waals surface area (Å²) in [6, 6.07) is 0. The molecule has 0 radical (unpaired) electrons. The Balaban J connectivity index is -0.0000000428. The summed E-state index contributed by atoms with van der Waals surface area (Å²) >= 11 is 12.1. The fourth-order valence-corrected chi connectivity index (χ4v) is 1.69. The van der Waals surface area contributed by atoms with Crippen LogP contribution in [0.15, 0.2) is 0 Å². The van der Waals surface area contributed by atoms with Crippen molar-refractivity contribution in [1.82, 2.24) is 0 Å². The van der Waals surface area contributed by atoms with Crippen molar-refractivity contribution in [3.63, 3.8) is 0 Å². The number of alkyl halides is 3. The number of unbranched alkanes of at least 4 members (excludes halogenated alkanes) is 4. The normalized spacial score (nSPS) is 8.00. The molecule has 0 fully saturated rings. The maximum absolute atomic E-state index is 5.42. The Morgan fingerprint density at radius 3 is 1.67 bits per heavy atom. The molecule has 0 unspecified atom stereocenters. The Labute approximate surface area is 146 Å². The maximum atomic E-state index is 5.42. The molecule has 0 rings (SSSR count). The summed E-state index contributed by atoms with van der Waals surface area (Å²) < 4.78 is 0. The van der Waals surface area contributed by atoms with E-state index in [1.807, 2.05) is 0 Å². The van der Waals surface area contributed by atoms with Gasteiger partial charge in [0.05, 0.1) is 0 Å². The van der Waals surface area contributed by atoms with Gasteiger partial charge in [0.2, 0.25) is 0 Å². The van der Waals surface area contributed by atoms with Gasteiger partial charge in [0.25, 0.3) is 0 Å². The summed E-state index contributed by atoms with van der Waals surface area (Å²) in [7, 11) is 0. The zero-order valence-corrected chi connectivity index (χ0v) is 15.4. The zero-order chi connectivity index (χ0) is 10.4. The Morgan fingerprint density at radius 1 is 0.933 bits per heavy atom. The summed E-state index contributed by atoms with van der Waals surface area (Å²) in [5, 5.41) is 2.28. The van der Waals surface area contributed by atoms with Gasteiger partial charge >= 0.3 is 29.6 Å². The smallest absolute Gasteiger partial charge is 1.00 e. The Bertz CT molecular complexity index is 77.8. The van der Waals surface area contributed by atoms with Gasteiger partial charge in [-0.3, -0.25) is 0 Å². The fraction of sp³-hybridized carbons (Fsp3) is 1.00. The van der Waals surface area contributed by atoms with Gasteiger partial charge < -0.3 is 1.43 Å². The van der Waals surface area contributed by atoms with Gasteiger partial charge in [0.1, 0.15) is 0 Å². The first-order valence-corrected chi connectivity index (χ1v) is 7.79. The molecule has 0 nitrogen and oxygen atoms in total. The molecule has 0 spiro atoms. The van der Waals surface area contributed by atoms with Crippen molar-refractivity contribution >= 4 is 54.4 Å². The number of hydrogen-bond donors (Lipinski definition) is 0. The standard InChI is InChI=1S/C5H10BrCl.C5H11Br.Na.H4Si.H/c6-4-2-1-3-5-7;1-2-3-4-5-6;;;/h1-5H2;2-5H2,1H3;;1H4;/q;;+1;;-1. The molecule has 0 aromatic rings. The predicted molar refractivity (Wildman–Crippen MR) is 84.1 cm³/mol. The van der Waals surface area contributed by atoms with Crippen LogP contribution in [-0.4, -0.2) is 27.5 Å². The van der Waals surface area contributed by atoms with Crippen molar-refractivity contribution in [3.05, 3.63) is 0 Å². The molecule has 0 aliphatic heterocycles. The Morgan fingerprint density at radius 2 is 1.40 bits per heavy atom. The second kappa shape index (κ2) is 30.0. The van der Waals surface area contributed by atoms with Gasteiger partial charge in [-0.15, -0.1) is 11.6 Å². The third kappa shape index (κ3) is 38.5. The van der Waals surface area contributed by atoms with Crippen LogP contribution in [0.3, 0.4) is 0 Å². The van der Waals surface area contributed by atoms with Crippen LogP contribution in [0.5, 0.6) is 0 Å². The summed E-state index contributed by atoms with van der Waals surface area (Å²) in [6.45, 7) is 2.21. The predicted octanol–water partition coefficient (Wildman–Crippen LogP) is 1.03. The first kappa shape index (κ1) is 26.1. The van der Waals surface area contributed by atoms with Crippen LogP contribution in [0.2, 0.25) is 0 Å². The van der Waals surface area contributed by atoms with Crippen molar-refractivity contribution < 1.29 is 31.0 Å². The molecule has 0 saturated heterocycles. The average molecular weight is 393 g/mol. The molecule has 0 amide bonds. The Hall–Kier alpha value is 2.47. The van der Waals surface area contributed by atoms with Crippen LogP contribution >= 0.6 is 43.5 Å². The average Bonchev–Trinajstić information content (AvgIpc) is 2.17. The molecule has 0 atom stereocenters. The van der Waals surface area contributed by atoms with Gasteiger partial charge in [0.15, 0.2) is 0 Å². The molecule has 0 aliphatic carbocycles. The van der Waals surface area contributed by atoms with Crippen molar-refractivity contribution in [3.8, 4) is 0 Å². The second-order valence-electron chi connectivity index (χ2n) is 2.83. The first-order chi connectivity index (χ1) is 6.33. The largest absolute Gasteiger partial charge is 1.00 e. The molecule has 0 bridgehead atoms. The fourth-order valence-electron chi connectivity index (χ4n) is 0.710. The molecule has 15 heavy (non-hydrogen) atoms. The summed E-state index contributed by atoms with van der Waals surface area (Å²) in [6.07, 6.45) is 7.70. The number of rotatable bonds is 7. The third-order valence-electron chi connectivity index (χ3n) is 1.50. The molecular weight excluding hydrogens is 366 g/mol. The molecule has 0 saturated carbocycles. The molecule has 0 N–H and O–H groups in total. The minimum absolute atomic E-state index is 0. The van der Waals surface area contributed by atoms with E-state index in [0.29, 0.717) is 0 Å². The van der Waals surface area contributed by atoms with Crippen molar-refractivity contribution in [2.24, 2.45) is 0 Å². The first-order valence-electron chi connectivity index (χ1n) is 5.01. The van der Waals surface area contributed by atoms with Gasteiger partial charge in [-0.1, -0.05) is 58.0 Å². The summed E-state index contributed by atoms with van der Waals surface area (Å²) in [5.74, 6) is 0.813. The zero-order valence-electron chi connectivity index (χ0n) is 10.5. The van der Waals surface area contributed by atoms with E-state index >= 15 is 0 Å². The van der Waals surface area contributed by atoms with E-state index in [0.717, 1.165) is 17.6 Å². The van der Waals surface area contributed by atoms with Crippen LogP contribution in [0, 0.1) is 0 Å². The number of hydrogen-bond acceptors (Lipinski definition) is 0. The van der Waals surface area contributed by atoms with Gasteiger partial charge in [-0.05, 0) is 30.2 Å². The quantitative estimate of drug-likeness (QED) is 0.345. The summed E-state index contributed by atoms with van der Waals surface area (Å²) in [5.41, 5.74) is 0. The minimum atomic E-state index is 0. The molecule has 0 aromatic carbocycles. The van der Waals surface area contributed by atoms with E-state index in [4.69, 9.17) is 11.6 Å². The monoisotopic (exact) mass is 390 g/mol. The Kier molecular flexibility index (Phi) is 52.2. The second-order valence-corrected chi connectivity index (χ2v) is 4.80. The molecule has 92 valence electrons. The molecule has 0 heterocycles. The molecule has 0 aromatic heterocycles. The van der Waals surface area contributed by atoms with Gasteiger partial charge in [-0.2, -0.15) is 0 Å². The SMILES string of the molecule is CCCCCBr.ClCCCCCBr.[H-].[Na+].[SiH4]. The van der Waals surface area contributed by atoms with E-state index in [2.05, 4.69) is 38.8 Å². The van der Waals surface area contributed by atoms with Crippen LogP contribution in [-0.2, 0) is 0 Å². The molecular formula is C10H26Br2ClNaSi. The third-order valence-corrected chi connectivity index (χ3v) is 2.89. The summed E-state index contributed by atoms with van der Waals surface area (Å²) in [4.78, 5) is 0. The van der Waals surface area contributed by atoms with E-state index in [1.54, 1.807) is 0 Å². The van der Waals surface area contributed by atoms with Gasteiger partial charge in [0, 0.05) is 16.5 Å². The van der Waals surface area contributed by atoms with Crippen LogP contribution < -0.4 is 29.6 Å². The van der Waals surface area contributed by atoms with Gasteiger partial charge in [-0.25, -0.2) is 0 Å². The topological polar surface area (TPSA) is 0 Å². The van der Waals surface area contributed by atoms with E-state index < -0.39 is 0 Å². The molecule has 0 aliphatic rings. The van der Waals surface area contributed by atoms with E-state index in [9.17, 15) is 0 Å². The maximum Gasteiger partial charge on any atom is 1.00 e. The minimum Gasteiger partial charge on any atom is -1.00 e. The van der Waals surface area contributed by atoms with Crippen LogP contribution in [0.1, 0.15) is 46.9 Å². The van der Waals surface area contributed by atoms with Crippen LogP contribution in [0.4, 0.5) is 0 Å².